The van der Waals surface area contributed by atoms with Crippen molar-refractivity contribution >= 4 is 18.0 Å². The molecule has 0 aromatic heterocycles. The fraction of sp³-hybridized carbons (Fsp3) is 0.750. The van der Waals surface area contributed by atoms with Crippen LogP contribution in [0.3, 0.4) is 0 Å². The molecule has 0 fully saturated rings. The van der Waals surface area contributed by atoms with Gasteiger partial charge in [-0.2, -0.15) is 11.8 Å². The average molecular weight is 119 g/mol. The van der Waals surface area contributed by atoms with Crippen molar-refractivity contribution < 1.29 is 4.84 Å². The van der Waals surface area contributed by atoms with E-state index in [1.165, 1.54) is 7.11 Å². The second-order valence-corrected chi connectivity index (χ2v) is 1.84. The van der Waals surface area contributed by atoms with Crippen molar-refractivity contribution in [2.24, 2.45) is 5.16 Å². The van der Waals surface area contributed by atoms with Gasteiger partial charge >= 0.3 is 0 Å². The van der Waals surface area contributed by atoms with Crippen LogP contribution in [0.15, 0.2) is 5.16 Å². The van der Waals surface area contributed by atoms with Crippen LogP contribution in [0.25, 0.3) is 0 Å². The minimum absolute atomic E-state index is 0.924. The predicted molar refractivity (Wildman–Crippen MR) is 33.9 cm³/mol. The summed E-state index contributed by atoms with van der Waals surface area (Å²) in [6.45, 7) is 0. The molecule has 2 nitrogen and oxygen atoms in total. The molecule has 7 heavy (non-hydrogen) atoms. The lowest BCUT2D eigenvalue weighted by Gasteiger charge is -1.82. The van der Waals surface area contributed by atoms with Crippen molar-refractivity contribution in [1.29, 1.82) is 0 Å². The third kappa shape index (κ3) is 5.82. The Labute approximate surface area is 47.9 Å². The average Bonchev–Trinajstić information content (AvgIpc) is 1.69. The third-order valence-electron chi connectivity index (χ3n) is 0.421. The molecule has 0 aliphatic heterocycles. The fourth-order valence-corrected chi connectivity index (χ4v) is 0.389. The van der Waals surface area contributed by atoms with E-state index >= 15 is 0 Å². The topological polar surface area (TPSA) is 21.6 Å². The van der Waals surface area contributed by atoms with E-state index in [9.17, 15) is 0 Å². The molecule has 42 valence electrons. The Morgan fingerprint density at radius 3 is 3.00 bits per heavy atom. The van der Waals surface area contributed by atoms with E-state index in [4.69, 9.17) is 0 Å². The van der Waals surface area contributed by atoms with Gasteiger partial charge in [0.05, 0.1) is 6.21 Å². The molecule has 0 saturated heterocycles. The van der Waals surface area contributed by atoms with Crippen molar-refractivity contribution in [1.82, 2.24) is 0 Å². The second kappa shape index (κ2) is 5.82. The van der Waals surface area contributed by atoms with Gasteiger partial charge < -0.3 is 4.84 Å². The maximum atomic E-state index is 4.40. The van der Waals surface area contributed by atoms with Crippen LogP contribution in [0.5, 0.6) is 0 Å². The molecule has 3 heteroatoms. The Bertz CT molecular complexity index is 55.7. The Morgan fingerprint density at radius 1 is 1.86 bits per heavy atom. The molecule has 0 radical (unpaired) electrons. The van der Waals surface area contributed by atoms with E-state index in [1.54, 1.807) is 18.0 Å². The molecule has 0 aromatic carbocycles. The zero-order valence-electron chi connectivity index (χ0n) is 4.55. The van der Waals surface area contributed by atoms with Gasteiger partial charge in [-0.25, -0.2) is 0 Å². The highest BCUT2D eigenvalue weighted by Gasteiger charge is 1.69. The summed E-state index contributed by atoms with van der Waals surface area (Å²) in [5.74, 6) is 0.924. The van der Waals surface area contributed by atoms with E-state index in [2.05, 4.69) is 9.99 Å². The minimum atomic E-state index is 0.924. The summed E-state index contributed by atoms with van der Waals surface area (Å²) >= 11 is 1.71. The minimum Gasteiger partial charge on any atom is -0.399 e. The zero-order chi connectivity index (χ0) is 5.54. The summed E-state index contributed by atoms with van der Waals surface area (Å²) in [4.78, 5) is 4.40. The van der Waals surface area contributed by atoms with E-state index < -0.39 is 0 Å². The number of thioether (sulfide) groups is 1. The van der Waals surface area contributed by atoms with Gasteiger partial charge in [0.15, 0.2) is 0 Å². The van der Waals surface area contributed by atoms with Gasteiger partial charge in [-0.05, 0) is 6.26 Å². The number of oxime groups is 1. The molecule has 0 aliphatic rings. The van der Waals surface area contributed by atoms with Crippen LogP contribution in [0.4, 0.5) is 0 Å². The third-order valence-corrected chi connectivity index (χ3v) is 0.904. The lowest BCUT2D eigenvalue weighted by atomic mass is 10.9. The first-order valence-corrected chi connectivity index (χ1v) is 3.35. The zero-order valence-corrected chi connectivity index (χ0v) is 5.36. The normalized spacial score (nSPS) is 10.0. The highest BCUT2D eigenvalue weighted by molar-refractivity contribution is 7.99. The summed E-state index contributed by atoms with van der Waals surface area (Å²) in [6, 6.07) is 0. The van der Waals surface area contributed by atoms with Crippen molar-refractivity contribution in [2.75, 3.05) is 19.1 Å². The molecule has 0 heterocycles. The molecule has 0 saturated carbocycles. The molecule has 0 unspecified atom stereocenters. The van der Waals surface area contributed by atoms with Gasteiger partial charge in [0.1, 0.15) is 7.11 Å². The van der Waals surface area contributed by atoms with E-state index in [0.717, 1.165) is 5.75 Å². The smallest absolute Gasteiger partial charge is 0.106 e. The molecule has 0 aliphatic carbocycles. The number of hydrogen-bond donors (Lipinski definition) is 0. The van der Waals surface area contributed by atoms with Crippen LogP contribution in [0.1, 0.15) is 0 Å². The van der Waals surface area contributed by atoms with Crippen molar-refractivity contribution in [3.05, 3.63) is 0 Å². The highest BCUT2D eigenvalue weighted by atomic mass is 32.2. The van der Waals surface area contributed by atoms with Crippen LogP contribution in [-0.4, -0.2) is 25.3 Å². The molecular weight excluding hydrogens is 110 g/mol. The van der Waals surface area contributed by atoms with Gasteiger partial charge in [-0.15, -0.1) is 0 Å². The Hall–Kier alpha value is -0.180. The molecular formula is C4H9NOS. The molecule has 0 N–H and O–H groups in total. The highest BCUT2D eigenvalue weighted by Crippen LogP contribution is 1.84. The molecule has 0 atom stereocenters. The fourth-order valence-electron chi connectivity index (χ4n) is 0.180. The molecule has 0 aromatic rings. The monoisotopic (exact) mass is 119 g/mol. The number of hydrogen-bond acceptors (Lipinski definition) is 3. The quantitative estimate of drug-likeness (QED) is 0.408. The van der Waals surface area contributed by atoms with Gasteiger partial charge in [-0.1, -0.05) is 5.16 Å². The van der Waals surface area contributed by atoms with E-state index in [1.807, 2.05) is 6.26 Å². The van der Waals surface area contributed by atoms with Gasteiger partial charge in [0, 0.05) is 5.75 Å². The van der Waals surface area contributed by atoms with Crippen LogP contribution >= 0.6 is 11.8 Å². The Balaban J connectivity index is 2.78. The lowest BCUT2D eigenvalue weighted by Crippen LogP contribution is -1.77. The number of rotatable bonds is 3. The van der Waals surface area contributed by atoms with Crippen molar-refractivity contribution in [3.63, 3.8) is 0 Å². The molecule has 0 spiro atoms. The molecule has 0 rings (SSSR count). The Kier molecular flexibility index (Phi) is 5.67. The lowest BCUT2D eigenvalue weighted by molar-refractivity contribution is 0.215. The molecule has 0 amide bonds. The molecule has 0 bridgehead atoms. The van der Waals surface area contributed by atoms with E-state index in [-0.39, 0.29) is 0 Å². The SMILES string of the molecule is CON=CCSC. The van der Waals surface area contributed by atoms with Gasteiger partial charge in [0.25, 0.3) is 0 Å². The van der Waals surface area contributed by atoms with Crippen molar-refractivity contribution in [2.45, 2.75) is 0 Å². The summed E-state index contributed by atoms with van der Waals surface area (Å²) in [5.41, 5.74) is 0. The van der Waals surface area contributed by atoms with Crippen molar-refractivity contribution in [3.8, 4) is 0 Å². The maximum Gasteiger partial charge on any atom is 0.106 e. The summed E-state index contributed by atoms with van der Waals surface area (Å²) in [6.07, 6.45) is 3.74. The maximum absolute atomic E-state index is 4.40. The van der Waals surface area contributed by atoms with Crippen LogP contribution in [0.2, 0.25) is 0 Å². The van der Waals surface area contributed by atoms with Crippen LogP contribution in [0, 0.1) is 0 Å². The van der Waals surface area contributed by atoms with Crippen LogP contribution in [-0.2, 0) is 4.84 Å². The summed E-state index contributed by atoms with van der Waals surface area (Å²) in [7, 11) is 1.54. The first-order chi connectivity index (χ1) is 3.41. The first kappa shape index (κ1) is 6.82. The number of nitrogens with zero attached hydrogens (tertiary/aromatic N) is 1. The van der Waals surface area contributed by atoms with Crippen LogP contribution < -0.4 is 0 Å². The first-order valence-electron chi connectivity index (χ1n) is 1.95. The summed E-state index contributed by atoms with van der Waals surface area (Å²) < 4.78 is 0. The predicted octanol–water partition coefficient (Wildman–Crippen LogP) is 0.982. The van der Waals surface area contributed by atoms with E-state index in [0.29, 0.717) is 0 Å². The standard InChI is InChI=1S/C4H9NOS/c1-6-5-3-4-7-2/h3H,4H2,1-2H3. The largest absolute Gasteiger partial charge is 0.399 e. The van der Waals surface area contributed by atoms with Gasteiger partial charge in [0.2, 0.25) is 0 Å². The second-order valence-electron chi connectivity index (χ2n) is 0.926. The Morgan fingerprint density at radius 2 is 2.57 bits per heavy atom. The van der Waals surface area contributed by atoms with Gasteiger partial charge in [-0.3, -0.25) is 0 Å². The summed E-state index contributed by atoms with van der Waals surface area (Å²) in [5, 5.41) is 3.52.